The van der Waals surface area contributed by atoms with Crippen LogP contribution in [0.1, 0.15) is 39.5 Å². The van der Waals surface area contributed by atoms with Crippen LogP contribution in [0.25, 0.3) is 0 Å². The van der Waals surface area contributed by atoms with Crippen LogP contribution < -0.4 is 5.32 Å². The number of nitrogens with zero attached hydrogens (tertiary/aromatic N) is 1. The van der Waals surface area contributed by atoms with E-state index in [9.17, 15) is 4.79 Å². The van der Waals surface area contributed by atoms with Crippen molar-refractivity contribution in [1.29, 1.82) is 0 Å². The average molecular weight is 224 g/mol. The van der Waals surface area contributed by atoms with Crippen LogP contribution >= 0.6 is 0 Å². The predicted molar refractivity (Wildman–Crippen MR) is 65.2 cm³/mol. The van der Waals surface area contributed by atoms with Gasteiger partial charge in [0.1, 0.15) is 0 Å². The summed E-state index contributed by atoms with van der Waals surface area (Å²) in [5.41, 5.74) is 0.375. The van der Waals surface area contributed by atoms with E-state index in [0.717, 1.165) is 26.2 Å². The molecular weight excluding hydrogens is 200 g/mol. The van der Waals surface area contributed by atoms with Crippen molar-refractivity contribution >= 4 is 5.91 Å². The normalized spacial score (nSPS) is 31.2. The Bertz CT molecular complexity index is 259. The summed E-state index contributed by atoms with van der Waals surface area (Å²) in [7, 11) is 0. The van der Waals surface area contributed by atoms with Gasteiger partial charge in [-0.3, -0.25) is 4.79 Å². The zero-order valence-corrected chi connectivity index (χ0v) is 10.6. The van der Waals surface area contributed by atoms with Crippen LogP contribution in [0.3, 0.4) is 0 Å². The number of hydrogen-bond donors (Lipinski definition) is 1. The lowest BCUT2D eigenvalue weighted by atomic mass is 9.78. The first-order valence-corrected chi connectivity index (χ1v) is 6.64. The molecule has 16 heavy (non-hydrogen) atoms. The number of piperidine rings is 1. The van der Waals surface area contributed by atoms with Gasteiger partial charge in [0.2, 0.25) is 5.91 Å². The Morgan fingerprint density at radius 1 is 1.50 bits per heavy atom. The maximum absolute atomic E-state index is 12.2. The summed E-state index contributed by atoms with van der Waals surface area (Å²) in [4.78, 5) is 14.3. The molecule has 0 aromatic rings. The van der Waals surface area contributed by atoms with Gasteiger partial charge in [-0.2, -0.15) is 0 Å². The van der Waals surface area contributed by atoms with E-state index >= 15 is 0 Å². The van der Waals surface area contributed by atoms with Gasteiger partial charge in [0, 0.05) is 26.2 Å². The summed E-state index contributed by atoms with van der Waals surface area (Å²) < 4.78 is 0. The summed E-state index contributed by atoms with van der Waals surface area (Å²) in [5.74, 6) is 0.657. The van der Waals surface area contributed by atoms with E-state index in [1.165, 1.54) is 25.7 Å². The maximum Gasteiger partial charge on any atom is 0.228 e. The highest BCUT2D eigenvalue weighted by molar-refractivity contribution is 5.80. The summed E-state index contributed by atoms with van der Waals surface area (Å²) in [6, 6.07) is 0. The van der Waals surface area contributed by atoms with Gasteiger partial charge < -0.3 is 10.2 Å². The van der Waals surface area contributed by atoms with E-state index in [4.69, 9.17) is 0 Å². The number of hydrogen-bond acceptors (Lipinski definition) is 2. The first-order valence-electron chi connectivity index (χ1n) is 6.64. The molecule has 2 fully saturated rings. The lowest BCUT2D eigenvalue weighted by Crippen LogP contribution is -2.55. The van der Waals surface area contributed by atoms with Gasteiger partial charge in [0.15, 0.2) is 0 Å². The molecule has 1 N–H and O–H groups in total. The van der Waals surface area contributed by atoms with Crippen molar-refractivity contribution in [3.05, 3.63) is 0 Å². The third kappa shape index (κ3) is 2.40. The van der Waals surface area contributed by atoms with Gasteiger partial charge in [0.25, 0.3) is 0 Å². The minimum Gasteiger partial charge on any atom is -0.342 e. The minimum atomic E-state index is 0.268. The van der Waals surface area contributed by atoms with Crippen LogP contribution in [0.4, 0.5) is 0 Å². The first-order chi connectivity index (χ1) is 7.64. The Labute approximate surface area is 98.6 Å². The van der Waals surface area contributed by atoms with Gasteiger partial charge in [-0.1, -0.05) is 20.3 Å². The van der Waals surface area contributed by atoms with Gasteiger partial charge in [-0.25, -0.2) is 0 Å². The van der Waals surface area contributed by atoms with Crippen LogP contribution in [0.5, 0.6) is 0 Å². The molecule has 2 saturated heterocycles. The fraction of sp³-hybridized carbons (Fsp3) is 0.923. The van der Waals surface area contributed by atoms with Crippen molar-refractivity contribution in [2.45, 2.75) is 39.5 Å². The molecule has 0 spiro atoms. The Balaban J connectivity index is 1.92. The van der Waals surface area contributed by atoms with E-state index in [0.29, 0.717) is 11.3 Å². The van der Waals surface area contributed by atoms with E-state index < -0.39 is 0 Å². The molecule has 1 atom stereocenters. The summed E-state index contributed by atoms with van der Waals surface area (Å²) >= 11 is 0. The molecule has 3 heteroatoms. The molecule has 0 aromatic heterocycles. The minimum absolute atomic E-state index is 0.268. The molecule has 2 rings (SSSR count). The Hall–Kier alpha value is -0.570. The third-order valence-corrected chi connectivity index (χ3v) is 4.08. The molecular formula is C13H24N2O. The molecule has 0 aliphatic carbocycles. The topological polar surface area (TPSA) is 32.3 Å². The number of rotatable bonds is 3. The Kier molecular flexibility index (Phi) is 3.53. The number of carbonyl (C=O) groups is 1. The van der Waals surface area contributed by atoms with Gasteiger partial charge >= 0.3 is 0 Å². The van der Waals surface area contributed by atoms with Crippen molar-refractivity contribution in [3.63, 3.8) is 0 Å². The second kappa shape index (κ2) is 4.74. The van der Waals surface area contributed by atoms with Crippen LogP contribution in [0.2, 0.25) is 0 Å². The van der Waals surface area contributed by atoms with Crippen molar-refractivity contribution in [3.8, 4) is 0 Å². The van der Waals surface area contributed by atoms with Gasteiger partial charge in [0.05, 0.1) is 5.92 Å². The highest BCUT2D eigenvalue weighted by Gasteiger charge is 2.36. The molecule has 1 unspecified atom stereocenters. The largest absolute Gasteiger partial charge is 0.342 e. The summed E-state index contributed by atoms with van der Waals surface area (Å²) in [6.07, 6.45) is 4.94. The number of carbonyl (C=O) groups excluding carboxylic acids is 1. The zero-order chi connectivity index (χ0) is 11.6. The van der Waals surface area contributed by atoms with Crippen LogP contribution in [-0.4, -0.2) is 37.0 Å². The predicted octanol–water partition coefficient (Wildman–Crippen LogP) is 1.63. The Morgan fingerprint density at radius 2 is 2.25 bits per heavy atom. The smallest absolute Gasteiger partial charge is 0.228 e. The molecule has 1 amide bonds. The molecule has 0 radical (unpaired) electrons. The molecule has 2 aliphatic heterocycles. The molecule has 0 aromatic carbocycles. The second-order valence-corrected chi connectivity index (χ2v) is 5.78. The highest BCUT2D eigenvalue weighted by atomic mass is 16.2. The van der Waals surface area contributed by atoms with E-state index in [2.05, 4.69) is 24.1 Å². The van der Waals surface area contributed by atoms with Gasteiger partial charge in [-0.15, -0.1) is 0 Å². The first kappa shape index (κ1) is 11.9. The molecule has 0 saturated carbocycles. The van der Waals surface area contributed by atoms with Crippen LogP contribution in [0, 0.1) is 11.3 Å². The third-order valence-electron chi connectivity index (χ3n) is 4.08. The standard InChI is InChI=1S/C13H24N2O/c1-3-5-13(2)6-4-7-15(10-13)12(16)11-8-14-9-11/h11,14H,3-10H2,1-2H3. The maximum atomic E-state index is 12.2. The average Bonchev–Trinajstić information content (AvgIpc) is 2.14. The van der Waals surface area contributed by atoms with Gasteiger partial charge in [-0.05, 0) is 24.7 Å². The fourth-order valence-corrected chi connectivity index (χ4v) is 3.03. The summed E-state index contributed by atoms with van der Waals surface area (Å²) in [5, 5.41) is 3.18. The monoisotopic (exact) mass is 224 g/mol. The second-order valence-electron chi connectivity index (χ2n) is 5.78. The van der Waals surface area contributed by atoms with E-state index in [1.807, 2.05) is 0 Å². The SMILES string of the molecule is CCCC1(C)CCCN(C(=O)C2CNC2)C1. The van der Waals surface area contributed by atoms with Crippen molar-refractivity contribution in [2.24, 2.45) is 11.3 Å². The number of likely N-dealkylation sites (tertiary alicyclic amines) is 1. The fourth-order valence-electron chi connectivity index (χ4n) is 3.03. The number of amides is 1. The number of nitrogens with one attached hydrogen (secondary N) is 1. The molecule has 3 nitrogen and oxygen atoms in total. The quantitative estimate of drug-likeness (QED) is 0.790. The zero-order valence-electron chi connectivity index (χ0n) is 10.6. The molecule has 2 aliphatic rings. The lowest BCUT2D eigenvalue weighted by Gasteiger charge is -2.43. The van der Waals surface area contributed by atoms with Crippen LogP contribution in [0.15, 0.2) is 0 Å². The van der Waals surface area contributed by atoms with Crippen molar-refractivity contribution in [1.82, 2.24) is 10.2 Å². The van der Waals surface area contributed by atoms with Crippen molar-refractivity contribution in [2.75, 3.05) is 26.2 Å². The van der Waals surface area contributed by atoms with Crippen LogP contribution in [-0.2, 0) is 4.79 Å². The van der Waals surface area contributed by atoms with E-state index in [1.54, 1.807) is 0 Å². The van der Waals surface area contributed by atoms with E-state index in [-0.39, 0.29) is 5.92 Å². The lowest BCUT2D eigenvalue weighted by molar-refractivity contribution is -0.140. The van der Waals surface area contributed by atoms with Crippen molar-refractivity contribution < 1.29 is 4.79 Å². The molecule has 2 heterocycles. The summed E-state index contributed by atoms with van der Waals surface area (Å²) in [6.45, 7) is 8.32. The molecule has 92 valence electrons. The molecule has 0 bridgehead atoms. The highest BCUT2D eigenvalue weighted by Crippen LogP contribution is 2.34. The Morgan fingerprint density at radius 3 is 2.81 bits per heavy atom.